The summed E-state index contributed by atoms with van der Waals surface area (Å²) in [6, 6.07) is 6.94. The molecule has 0 atom stereocenters. The molecule has 0 aliphatic rings. The Bertz CT molecular complexity index is 531. The lowest BCUT2D eigenvalue weighted by atomic mass is 10.3. The second kappa shape index (κ2) is 5.58. The zero-order chi connectivity index (χ0) is 12.3. The van der Waals surface area contributed by atoms with Crippen LogP contribution in [0.5, 0.6) is 11.5 Å². The smallest absolute Gasteiger partial charge is 0.147 e. The first-order valence-electron chi connectivity index (χ1n) is 4.83. The number of aromatic nitrogens is 1. The van der Waals surface area contributed by atoms with Crippen LogP contribution in [0.15, 0.2) is 36.7 Å². The van der Waals surface area contributed by atoms with E-state index in [-0.39, 0.29) is 0 Å². The number of hydrogen-bond acceptors (Lipinski definition) is 2. The molecule has 0 bridgehead atoms. The molecule has 0 amide bonds. The summed E-state index contributed by atoms with van der Waals surface area (Å²) in [5.74, 6) is 1.44. The van der Waals surface area contributed by atoms with Crippen LogP contribution in [0.2, 0.25) is 10.0 Å². The lowest BCUT2D eigenvalue weighted by Crippen LogP contribution is -1.91. The lowest BCUT2D eigenvalue weighted by Gasteiger charge is -2.10. The monoisotopic (exact) mass is 287 g/mol. The average molecular weight is 289 g/mol. The van der Waals surface area contributed by atoms with Crippen LogP contribution in [0.1, 0.15) is 5.56 Å². The Kier molecular flexibility index (Phi) is 4.11. The van der Waals surface area contributed by atoms with E-state index in [4.69, 9.17) is 39.5 Å². The molecule has 5 heteroatoms. The van der Waals surface area contributed by atoms with Crippen molar-refractivity contribution < 1.29 is 4.74 Å². The molecule has 0 aliphatic carbocycles. The number of hydrogen-bond donors (Lipinski definition) is 0. The van der Waals surface area contributed by atoms with Crippen LogP contribution >= 0.6 is 34.8 Å². The maximum atomic E-state index is 6.03. The van der Waals surface area contributed by atoms with Gasteiger partial charge in [0, 0.05) is 18.0 Å². The molecule has 1 aromatic carbocycles. The Morgan fingerprint density at radius 3 is 2.71 bits per heavy atom. The van der Waals surface area contributed by atoms with Gasteiger partial charge in [0.2, 0.25) is 0 Å². The van der Waals surface area contributed by atoms with Crippen LogP contribution in [0.4, 0.5) is 0 Å². The summed E-state index contributed by atoms with van der Waals surface area (Å²) >= 11 is 17.7. The van der Waals surface area contributed by atoms with Crippen LogP contribution in [0, 0.1) is 0 Å². The molecule has 0 unspecified atom stereocenters. The molecule has 2 nitrogen and oxygen atoms in total. The molecule has 0 saturated heterocycles. The molecular weight excluding hydrogens is 280 g/mol. The van der Waals surface area contributed by atoms with Crippen LogP contribution in [0.25, 0.3) is 0 Å². The summed E-state index contributed by atoms with van der Waals surface area (Å²) in [5.41, 5.74) is 0.796. The Hall–Kier alpha value is -0.960. The van der Waals surface area contributed by atoms with Crippen molar-refractivity contribution in [2.75, 3.05) is 0 Å². The summed E-state index contributed by atoms with van der Waals surface area (Å²) in [5, 5.41) is 0.831. The van der Waals surface area contributed by atoms with E-state index < -0.39 is 0 Å². The van der Waals surface area contributed by atoms with Crippen LogP contribution in [-0.4, -0.2) is 4.98 Å². The molecule has 0 N–H and O–H groups in total. The highest BCUT2D eigenvalue weighted by Gasteiger charge is 2.09. The molecule has 0 fully saturated rings. The highest BCUT2D eigenvalue weighted by molar-refractivity contribution is 6.42. The fourth-order valence-electron chi connectivity index (χ4n) is 1.30. The maximum absolute atomic E-state index is 6.03. The lowest BCUT2D eigenvalue weighted by molar-refractivity contribution is 0.478. The van der Waals surface area contributed by atoms with Gasteiger partial charge in [-0.1, -0.05) is 29.3 Å². The van der Waals surface area contributed by atoms with Crippen molar-refractivity contribution in [3.63, 3.8) is 0 Å². The van der Waals surface area contributed by atoms with Gasteiger partial charge in [0.05, 0.1) is 10.9 Å². The van der Waals surface area contributed by atoms with Crippen molar-refractivity contribution in [1.82, 2.24) is 4.98 Å². The van der Waals surface area contributed by atoms with E-state index in [0.717, 1.165) is 5.56 Å². The van der Waals surface area contributed by atoms with E-state index in [1.807, 2.05) is 0 Å². The standard InChI is InChI=1S/C12H8Cl3NO/c13-6-8-7-16-5-4-10(8)17-11-3-1-2-9(14)12(11)15/h1-5,7H,6H2. The predicted octanol–water partition coefficient (Wildman–Crippen LogP) is 4.92. The second-order valence-corrected chi connectivity index (χ2v) is 4.32. The van der Waals surface area contributed by atoms with Gasteiger partial charge in [-0.2, -0.15) is 0 Å². The second-order valence-electron chi connectivity index (χ2n) is 3.27. The van der Waals surface area contributed by atoms with Gasteiger partial charge in [-0.05, 0) is 18.2 Å². The van der Waals surface area contributed by atoms with Gasteiger partial charge in [-0.15, -0.1) is 11.6 Å². The van der Waals surface area contributed by atoms with Crippen molar-refractivity contribution in [3.8, 4) is 11.5 Å². The van der Waals surface area contributed by atoms with E-state index in [9.17, 15) is 0 Å². The fourth-order valence-corrected chi connectivity index (χ4v) is 1.83. The minimum Gasteiger partial charge on any atom is -0.455 e. The first-order chi connectivity index (χ1) is 8.22. The van der Waals surface area contributed by atoms with Crippen LogP contribution in [-0.2, 0) is 5.88 Å². The molecule has 2 rings (SSSR count). The van der Waals surface area contributed by atoms with E-state index >= 15 is 0 Å². The SMILES string of the molecule is ClCc1cnccc1Oc1cccc(Cl)c1Cl. The highest BCUT2D eigenvalue weighted by Crippen LogP contribution is 2.35. The summed E-state index contributed by atoms with van der Waals surface area (Å²) < 4.78 is 5.67. The first kappa shape index (κ1) is 12.5. The summed E-state index contributed by atoms with van der Waals surface area (Å²) in [7, 11) is 0. The predicted molar refractivity (Wildman–Crippen MR) is 70.3 cm³/mol. The number of halogens is 3. The molecular formula is C12H8Cl3NO. The van der Waals surface area contributed by atoms with Gasteiger partial charge < -0.3 is 4.74 Å². The largest absolute Gasteiger partial charge is 0.455 e. The van der Waals surface area contributed by atoms with Gasteiger partial charge in [0.1, 0.15) is 16.5 Å². The molecule has 17 heavy (non-hydrogen) atoms. The van der Waals surface area contributed by atoms with Gasteiger partial charge >= 0.3 is 0 Å². The van der Waals surface area contributed by atoms with Crippen molar-refractivity contribution in [2.24, 2.45) is 0 Å². The quantitative estimate of drug-likeness (QED) is 0.748. The topological polar surface area (TPSA) is 22.1 Å². The first-order valence-corrected chi connectivity index (χ1v) is 6.12. The molecule has 0 radical (unpaired) electrons. The third-order valence-electron chi connectivity index (χ3n) is 2.14. The highest BCUT2D eigenvalue weighted by atomic mass is 35.5. The molecule has 0 saturated carbocycles. The van der Waals surface area contributed by atoms with Crippen LogP contribution < -0.4 is 4.74 Å². The third-order valence-corrected chi connectivity index (χ3v) is 3.23. The van der Waals surface area contributed by atoms with E-state index in [1.54, 1.807) is 36.7 Å². The van der Waals surface area contributed by atoms with Gasteiger partial charge in [-0.25, -0.2) is 0 Å². The average Bonchev–Trinajstić information content (AvgIpc) is 2.35. The van der Waals surface area contributed by atoms with Gasteiger partial charge in [0.25, 0.3) is 0 Å². The maximum Gasteiger partial charge on any atom is 0.147 e. The number of ether oxygens (including phenoxy) is 1. The van der Waals surface area contributed by atoms with Crippen molar-refractivity contribution >= 4 is 34.8 Å². The molecule has 2 aromatic rings. The number of benzene rings is 1. The Morgan fingerprint density at radius 1 is 1.12 bits per heavy atom. The zero-order valence-electron chi connectivity index (χ0n) is 8.66. The van der Waals surface area contributed by atoms with Crippen molar-refractivity contribution in [1.29, 1.82) is 0 Å². The number of nitrogens with zero attached hydrogens (tertiary/aromatic N) is 1. The van der Waals surface area contributed by atoms with Crippen molar-refractivity contribution in [3.05, 3.63) is 52.3 Å². The zero-order valence-corrected chi connectivity index (χ0v) is 10.9. The normalized spacial score (nSPS) is 10.3. The minimum absolute atomic E-state index is 0.321. The van der Waals surface area contributed by atoms with E-state index in [1.165, 1.54) is 0 Å². The summed E-state index contributed by atoms with van der Waals surface area (Å²) in [6.07, 6.45) is 3.28. The Morgan fingerprint density at radius 2 is 1.94 bits per heavy atom. The summed E-state index contributed by atoms with van der Waals surface area (Å²) in [4.78, 5) is 3.97. The van der Waals surface area contributed by atoms with Crippen molar-refractivity contribution in [2.45, 2.75) is 5.88 Å². The van der Waals surface area contributed by atoms with Gasteiger partial charge in [0.15, 0.2) is 0 Å². The minimum atomic E-state index is 0.321. The number of rotatable bonds is 3. The molecule has 0 spiro atoms. The third kappa shape index (κ3) is 2.83. The number of pyridine rings is 1. The molecule has 1 heterocycles. The van der Waals surface area contributed by atoms with E-state index in [0.29, 0.717) is 27.4 Å². The van der Waals surface area contributed by atoms with E-state index in [2.05, 4.69) is 4.98 Å². The molecule has 88 valence electrons. The molecule has 1 aromatic heterocycles. The Balaban J connectivity index is 2.35. The fraction of sp³-hybridized carbons (Fsp3) is 0.0833. The van der Waals surface area contributed by atoms with Crippen LogP contribution in [0.3, 0.4) is 0 Å². The molecule has 0 aliphatic heterocycles. The summed E-state index contributed by atoms with van der Waals surface area (Å²) in [6.45, 7) is 0. The number of alkyl halides is 1. The Labute approximate surface area is 114 Å². The van der Waals surface area contributed by atoms with Gasteiger partial charge in [-0.3, -0.25) is 4.98 Å².